The maximum absolute atomic E-state index is 13.5. The molecular weight excluding hydrogens is 549 g/mol. The van der Waals surface area contributed by atoms with E-state index in [1.165, 1.54) is 16.3 Å². The smallest absolute Gasteiger partial charge is 0.243 e. The number of carbonyl (C=O) groups excluding carboxylic acids is 2. The second-order valence-electron chi connectivity index (χ2n) is 9.14. The molecule has 0 aliphatic rings. The lowest BCUT2D eigenvalue weighted by Gasteiger charge is -2.32. The monoisotopic (exact) mass is 585 g/mol. The second-order valence-corrected chi connectivity index (χ2v) is 11.9. The number of amides is 2. The van der Waals surface area contributed by atoms with Crippen LogP contribution in [-0.4, -0.2) is 57.1 Å². The molecule has 2 aromatic carbocycles. The van der Waals surface area contributed by atoms with Crippen LogP contribution in [0.1, 0.15) is 52.0 Å². The first-order valence-electron chi connectivity index (χ1n) is 12.6. The SMILES string of the molecule is CC[C@@H](C)NC(=O)[C@H](CC)N(Cc1ccc(Cl)cc1Cl)C(=O)CCCN(c1ccc(OC)cc1)S(C)(=O)=O. The van der Waals surface area contributed by atoms with Gasteiger partial charge in [-0.05, 0) is 68.1 Å². The minimum absolute atomic E-state index is 0.0413. The summed E-state index contributed by atoms with van der Waals surface area (Å²) in [5.74, 6) is 0.0942. The van der Waals surface area contributed by atoms with Gasteiger partial charge in [-0.25, -0.2) is 8.42 Å². The summed E-state index contributed by atoms with van der Waals surface area (Å²) in [6, 6.07) is 10.9. The minimum atomic E-state index is -3.59. The summed E-state index contributed by atoms with van der Waals surface area (Å²) < 4.78 is 31.4. The Morgan fingerprint density at radius 2 is 1.71 bits per heavy atom. The summed E-state index contributed by atoms with van der Waals surface area (Å²) in [6.07, 6.45) is 2.58. The van der Waals surface area contributed by atoms with Gasteiger partial charge in [-0.1, -0.05) is 43.1 Å². The molecule has 0 aliphatic carbocycles. The molecule has 0 aromatic heterocycles. The summed E-state index contributed by atoms with van der Waals surface area (Å²) in [4.78, 5) is 28.2. The quantitative estimate of drug-likeness (QED) is 0.326. The average Bonchev–Trinajstić information content (AvgIpc) is 2.86. The third kappa shape index (κ3) is 9.06. The van der Waals surface area contributed by atoms with E-state index in [1.807, 2.05) is 20.8 Å². The Labute approximate surface area is 236 Å². The van der Waals surface area contributed by atoms with Crippen LogP contribution >= 0.6 is 23.2 Å². The molecular formula is C27H37Cl2N3O5S. The lowest BCUT2D eigenvalue weighted by molar-refractivity contribution is -0.141. The van der Waals surface area contributed by atoms with Crippen LogP contribution in [0, 0.1) is 0 Å². The maximum Gasteiger partial charge on any atom is 0.243 e. The third-order valence-electron chi connectivity index (χ3n) is 6.26. The maximum atomic E-state index is 13.5. The van der Waals surface area contributed by atoms with E-state index < -0.39 is 16.1 Å². The Morgan fingerprint density at radius 1 is 1.05 bits per heavy atom. The van der Waals surface area contributed by atoms with Gasteiger partial charge in [-0.3, -0.25) is 13.9 Å². The molecule has 38 heavy (non-hydrogen) atoms. The molecule has 2 atom stereocenters. The number of sulfonamides is 1. The number of benzene rings is 2. The van der Waals surface area contributed by atoms with Crippen LogP contribution in [0.25, 0.3) is 0 Å². The summed E-state index contributed by atoms with van der Waals surface area (Å²) in [6.45, 7) is 5.95. The topological polar surface area (TPSA) is 96.0 Å². The molecule has 0 saturated carbocycles. The van der Waals surface area contributed by atoms with Gasteiger partial charge in [-0.15, -0.1) is 0 Å². The van der Waals surface area contributed by atoms with E-state index in [9.17, 15) is 18.0 Å². The van der Waals surface area contributed by atoms with Gasteiger partial charge in [-0.2, -0.15) is 0 Å². The van der Waals surface area contributed by atoms with Crippen LogP contribution in [0.15, 0.2) is 42.5 Å². The molecule has 8 nitrogen and oxygen atoms in total. The van der Waals surface area contributed by atoms with Crippen molar-refractivity contribution >= 4 is 50.7 Å². The molecule has 0 spiro atoms. The average molecular weight is 587 g/mol. The number of methoxy groups -OCH3 is 1. The zero-order chi connectivity index (χ0) is 28.5. The molecule has 0 saturated heterocycles. The highest BCUT2D eigenvalue weighted by Gasteiger charge is 2.30. The van der Waals surface area contributed by atoms with Gasteiger partial charge in [0.05, 0.1) is 19.1 Å². The fourth-order valence-electron chi connectivity index (χ4n) is 3.95. The first-order chi connectivity index (χ1) is 17.9. The molecule has 1 N–H and O–H groups in total. The Kier molecular flexibility index (Phi) is 12.2. The van der Waals surface area contributed by atoms with E-state index in [0.717, 1.165) is 12.7 Å². The van der Waals surface area contributed by atoms with Crippen molar-refractivity contribution < 1.29 is 22.7 Å². The predicted octanol–water partition coefficient (Wildman–Crippen LogP) is 5.27. The van der Waals surface area contributed by atoms with E-state index in [4.69, 9.17) is 27.9 Å². The fourth-order valence-corrected chi connectivity index (χ4v) is 5.38. The third-order valence-corrected chi connectivity index (χ3v) is 8.04. The number of nitrogens with one attached hydrogen (secondary N) is 1. The van der Waals surface area contributed by atoms with Gasteiger partial charge in [0.15, 0.2) is 0 Å². The first-order valence-corrected chi connectivity index (χ1v) is 15.2. The van der Waals surface area contributed by atoms with Crippen LogP contribution in [0.4, 0.5) is 5.69 Å². The lowest BCUT2D eigenvalue weighted by Crippen LogP contribution is -2.50. The molecule has 0 fully saturated rings. The fraction of sp³-hybridized carbons (Fsp3) is 0.481. The molecule has 2 amide bonds. The van der Waals surface area contributed by atoms with Crippen LogP contribution in [-0.2, 0) is 26.2 Å². The Balaban J connectivity index is 2.25. The van der Waals surface area contributed by atoms with Crippen molar-refractivity contribution in [3.63, 3.8) is 0 Å². The van der Waals surface area contributed by atoms with E-state index in [0.29, 0.717) is 33.5 Å². The van der Waals surface area contributed by atoms with Gasteiger partial charge in [0.2, 0.25) is 21.8 Å². The van der Waals surface area contributed by atoms with Crippen LogP contribution in [0.2, 0.25) is 10.0 Å². The van der Waals surface area contributed by atoms with Crippen LogP contribution in [0.5, 0.6) is 5.75 Å². The van der Waals surface area contributed by atoms with Crippen molar-refractivity contribution in [1.29, 1.82) is 0 Å². The largest absolute Gasteiger partial charge is 0.497 e. The van der Waals surface area contributed by atoms with Gasteiger partial charge < -0.3 is 15.0 Å². The van der Waals surface area contributed by atoms with E-state index in [2.05, 4.69) is 5.32 Å². The summed E-state index contributed by atoms with van der Waals surface area (Å²) in [7, 11) is -2.06. The molecule has 0 heterocycles. The number of ether oxygens (including phenoxy) is 1. The first kappa shape index (κ1) is 31.7. The number of carbonyl (C=O) groups is 2. The highest BCUT2D eigenvalue weighted by atomic mass is 35.5. The molecule has 0 aliphatic heterocycles. The van der Waals surface area contributed by atoms with Crippen molar-refractivity contribution in [2.24, 2.45) is 0 Å². The van der Waals surface area contributed by atoms with Crippen molar-refractivity contribution in [3.8, 4) is 5.75 Å². The summed E-state index contributed by atoms with van der Waals surface area (Å²) >= 11 is 12.4. The van der Waals surface area contributed by atoms with Crippen molar-refractivity contribution in [1.82, 2.24) is 10.2 Å². The lowest BCUT2D eigenvalue weighted by atomic mass is 10.1. The zero-order valence-corrected chi connectivity index (χ0v) is 24.9. The molecule has 210 valence electrons. The molecule has 0 radical (unpaired) electrons. The number of hydrogen-bond acceptors (Lipinski definition) is 5. The standard InChI is InChI=1S/C27H37Cl2N3O5S/c1-6-19(3)30-27(34)25(7-2)31(18-20-10-11-21(28)17-24(20)29)26(33)9-8-16-32(38(5,35)36)22-12-14-23(37-4)15-13-22/h10-15,17,19,25H,6-9,16,18H2,1-5H3,(H,30,34)/t19-,25+/m1/s1. The number of rotatable bonds is 14. The molecule has 0 unspecified atom stereocenters. The number of nitrogens with zero attached hydrogens (tertiary/aromatic N) is 2. The molecule has 2 rings (SSSR count). The van der Waals surface area contributed by atoms with Crippen LogP contribution in [0.3, 0.4) is 0 Å². The van der Waals surface area contributed by atoms with Crippen molar-refractivity contribution in [3.05, 3.63) is 58.1 Å². The van der Waals surface area contributed by atoms with Gasteiger partial charge in [0, 0.05) is 35.6 Å². The summed E-state index contributed by atoms with van der Waals surface area (Å²) in [5, 5.41) is 3.83. The molecule has 11 heteroatoms. The predicted molar refractivity (Wildman–Crippen MR) is 153 cm³/mol. The Morgan fingerprint density at radius 3 is 2.24 bits per heavy atom. The van der Waals surface area contributed by atoms with Crippen molar-refractivity contribution in [2.75, 3.05) is 24.2 Å². The number of halogens is 2. The summed E-state index contributed by atoms with van der Waals surface area (Å²) in [5.41, 5.74) is 1.14. The van der Waals surface area contributed by atoms with E-state index >= 15 is 0 Å². The highest BCUT2D eigenvalue weighted by Crippen LogP contribution is 2.25. The molecule has 0 bridgehead atoms. The van der Waals surface area contributed by atoms with Gasteiger partial charge in [0.25, 0.3) is 0 Å². The highest BCUT2D eigenvalue weighted by molar-refractivity contribution is 7.92. The van der Waals surface area contributed by atoms with Crippen LogP contribution < -0.4 is 14.4 Å². The Hall–Kier alpha value is -2.49. The normalized spacial score (nSPS) is 12.9. The number of anilines is 1. The molecule has 2 aromatic rings. The second kappa shape index (κ2) is 14.6. The van der Waals surface area contributed by atoms with Crippen molar-refractivity contribution in [2.45, 2.75) is 65.1 Å². The van der Waals surface area contributed by atoms with Gasteiger partial charge in [0.1, 0.15) is 11.8 Å². The Bertz CT molecular complexity index is 1190. The number of hydrogen-bond donors (Lipinski definition) is 1. The van der Waals surface area contributed by atoms with E-state index in [1.54, 1.807) is 42.5 Å². The van der Waals surface area contributed by atoms with E-state index in [-0.39, 0.29) is 43.8 Å². The zero-order valence-electron chi connectivity index (χ0n) is 22.5. The van der Waals surface area contributed by atoms with Gasteiger partial charge >= 0.3 is 0 Å². The minimum Gasteiger partial charge on any atom is -0.497 e.